The van der Waals surface area contributed by atoms with Gasteiger partial charge >= 0.3 is 0 Å². The molecule has 2 aromatic rings. The highest BCUT2D eigenvalue weighted by Crippen LogP contribution is 2.49. The van der Waals surface area contributed by atoms with E-state index in [0.29, 0.717) is 6.04 Å². The number of hydrogen-bond acceptors (Lipinski definition) is 1. The molecule has 1 heteroatoms. The molecular weight excluding hydrogens is 254 g/mol. The average molecular weight is 279 g/mol. The van der Waals surface area contributed by atoms with Crippen molar-refractivity contribution < 1.29 is 0 Å². The van der Waals surface area contributed by atoms with Crippen LogP contribution in [0.25, 0.3) is 0 Å². The molecule has 3 unspecified atom stereocenters. The van der Waals surface area contributed by atoms with E-state index >= 15 is 0 Å². The molecule has 0 aliphatic heterocycles. The van der Waals surface area contributed by atoms with Crippen LogP contribution in [0.3, 0.4) is 0 Å². The minimum absolute atomic E-state index is 0.580. The van der Waals surface area contributed by atoms with E-state index < -0.39 is 0 Å². The summed E-state index contributed by atoms with van der Waals surface area (Å²) < 4.78 is 0. The Balaban J connectivity index is 1.69. The van der Waals surface area contributed by atoms with Gasteiger partial charge in [-0.3, -0.25) is 0 Å². The van der Waals surface area contributed by atoms with Gasteiger partial charge in [-0.1, -0.05) is 59.7 Å². The van der Waals surface area contributed by atoms with E-state index in [0.717, 1.165) is 18.3 Å². The highest BCUT2D eigenvalue weighted by atomic mass is 14.9. The molecule has 0 saturated heterocycles. The second-order valence-corrected chi connectivity index (χ2v) is 6.51. The number of likely N-dealkylation sites (N-methyl/N-ethyl adjacent to an activating group) is 1. The van der Waals surface area contributed by atoms with Gasteiger partial charge in [-0.25, -0.2) is 0 Å². The lowest BCUT2D eigenvalue weighted by molar-refractivity contribution is 0.491. The Morgan fingerprint density at radius 1 is 1.05 bits per heavy atom. The molecular formula is C20H25N. The molecule has 1 aliphatic carbocycles. The third kappa shape index (κ3) is 3.36. The first-order valence-corrected chi connectivity index (χ1v) is 7.97. The van der Waals surface area contributed by atoms with Gasteiger partial charge in [0.05, 0.1) is 0 Å². The van der Waals surface area contributed by atoms with E-state index in [-0.39, 0.29) is 0 Å². The molecule has 0 aromatic heterocycles. The summed E-state index contributed by atoms with van der Waals surface area (Å²) in [4.78, 5) is 0. The lowest BCUT2D eigenvalue weighted by Gasteiger charge is -2.17. The van der Waals surface area contributed by atoms with Crippen LogP contribution in [0.15, 0.2) is 48.5 Å². The fraction of sp³-hybridized carbons (Fsp3) is 0.400. The van der Waals surface area contributed by atoms with Crippen molar-refractivity contribution in [2.45, 2.75) is 38.6 Å². The predicted molar refractivity (Wildman–Crippen MR) is 89.8 cm³/mol. The van der Waals surface area contributed by atoms with Crippen molar-refractivity contribution in [3.63, 3.8) is 0 Å². The highest BCUT2D eigenvalue weighted by molar-refractivity contribution is 5.31. The zero-order valence-electron chi connectivity index (χ0n) is 13.3. The first-order valence-electron chi connectivity index (χ1n) is 7.97. The van der Waals surface area contributed by atoms with E-state index in [9.17, 15) is 0 Å². The van der Waals surface area contributed by atoms with E-state index in [1.807, 2.05) is 0 Å². The largest absolute Gasteiger partial charge is 0.316 e. The lowest BCUT2D eigenvalue weighted by atomic mass is 9.97. The summed E-state index contributed by atoms with van der Waals surface area (Å²) in [6.45, 7) is 4.38. The predicted octanol–water partition coefficient (Wildman–Crippen LogP) is 4.24. The van der Waals surface area contributed by atoms with Crippen LogP contribution in [-0.4, -0.2) is 13.1 Å². The molecule has 2 aromatic carbocycles. The molecule has 0 bridgehead atoms. The summed E-state index contributed by atoms with van der Waals surface area (Å²) >= 11 is 0. The molecule has 1 aliphatic rings. The number of aryl methyl sites for hydroxylation is 2. The zero-order chi connectivity index (χ0) is 14.8. The van der Waals surface area contributed by atoms with Gasteiger partial charge < -0.3 is 5.32 Å². The Morgan fingerprint density at radius 3 is 2.33 bits per heavy atom. The normalized spacial score (nSPS) is 22.0. The molecule has 21 heavy (non-hydrogen) atoms. The van der Waals surface area contributed by atoms with E-state index in [2.05, 4.69) is 74.7 Å². The van der Waals surface area contributed by atoms with Gasteiger partial charge in [0.15, 0.2) is 0 Å². The Bertz CT molecular complexity index is 582. The minimum atomic E-state index is 0.580. The van der Waals surface area contributed by atoms with Gasteiger partial charge in [0.2, 0.25) is 0 Å². The summed E-state index contributed by atoms with van der Waals surface area (Å²) in [6.07, 6.45) is 2.45. The summed E-state index contributed by atoms with van der Waals surface area (Å²) in [5.74, 6) is 1.52. The van der Waals surface area contributed by atoms with Crippen LogP contribution in [0.5, 0.6) is 0 Å². The maximum Gasteiger partial charge on any atom is 0.0139 e. The van der Waals surface area contributed by atoms with Crippen LogP contribution in [0.4, 0.5) is 0 Å². The molecule has 1 nitrogen and oxygen atoms in total. The molecule has 3 rings (SSSR count). The Morgan fingerprint density at radius 2 is 1.71 bits per heavy atom. The van der Waals surface area contributed by atoms with Crippen molar-refractivity contribution in [1.29, 1.82) is 0 Å². The maximum atomic E-state index is 3.55. The van der Waals surface area contributed by atoms with Gasteiger partial charge in [-0.05, 0) is 56.7 Å². The third-order valence-electron chi connectivity index (χ3n) is 4.69. The number of hydrogen-bond donors (Lipinski definition) is 1. The maximum absolute atomic E-state index is 3.55. The van der Waals surface area contributed by atoms with Crippen molar-refractivity contribution >= 4 is 0 Å². The smallest absolute Gasteiger partial charge is 0.0139 e. The van der Waals surface area contributed by atoms with Crippen molar-refractivity contribution in [1.82, 2.24) is 5.32 Å². The van der Waals surface area contributed by atoms with Gasteiger partial charge in [0.25, 0.3) is 0 Å². The molecule has 0 heterocycles. The Labute approximate surface area is 128 Å². The van der Waals surface area contributed by atoms with E-state index in [4.69, 9.17) is 0 Å². The van der Waals surface area contributed by atoms with E-state index in [1.165, 1.54) is 28.7 Å². The SMILES string of the molecule is CNC(Cc1cc(C)cc(C)c1)C1CC1c1ccccc1. The second-order valence-electron chi connectivity index (χ2n) is 6.51. The van der Waals surface area contributed by atoms with Crippen LogP contribution in [0, 0.1) is 19.8 Å². The van der Waals surface area contributed by atoms with Gasteiger partial charge in [0, 0.05) is 6.04 Å². The summed E-state index contributed by atoms with van der Waals surface area (Å²) in [5.41, 5.74) is 5.71. The highest BCUT2D eigenvalue weighted by Gasteiger charge is 2.42. The molecule has 0 radical (unpaired) electrons. The molecule has 1 fully saturated rings. The fourth-order valence-corrected chi connectivity index (χ4v) is 3.65. The minimum Gasteiger partial charge on any atom is -0.316 e. The third-order valence-corrected chi connectivity index (χ3v) is 4.69. The monoisotopic (exact) mass is 279 g/mol. The molecule has 0 spiro atoms. The quantitative estimate of drug-likeness (QED) is 0.863. The van der Waals surface area contributed by atoms with Crippen LogP contribution >= 0.6 is 0 Å². The van der Waals surface area contributed by atoms with Crippen LogP contribution in [0.1, 0.15) is 34.6 Å². The van der Waals surface area contributed by atoms with Crippen molar-refractivity contribution in [2.24, 2.45) is 5.92 Å². The standard InChI is InChI=1S/C20H25N/c1-14-9-15(2)11-16(10-14)12-20(21-3)19-13-18(19)17-7-5-4-6-8-17/h4-11,18-21H,12-13H2,1-3H3. The molecule has 1 N–H and O–H groups in total. The Hall–Kier alpha value is -1.60. The average Bonchev–Trinajstić information content (AvgIpc) is 3.25. The molecule has 1 saturated carbocycles. The lowest BCUT2D eigenvalue weighted by Crippen LogP contribution is -2.30. The zero-order valence-corrected chi connectivity index (χ0v) is 13.3. The first-order chi connectivity index (χ1) is 10.2. The van der Waals surface area contributed by atoms with E-state index in [1.54, 1.807) is 0 Å². The topological polar surface area (TPSA) is 12.0 Å². The second kappa shape index (κ2) is 6.03. The van der Waals surface area contributed by atoms with Gasteiger partial charge in [-0.2, -0.15) is 0 Å². The summed E-state index contributed by atoms with van der Waals surface area (Å²) in [7, 11) is 2.10. The summed E-state index contributed by atoms with van der Waals surface area (Å²) in [5, 5.41) is 3.55. The number of nitrogens with one attached hydrogen (secondary N) is 1. The van der Waals surface area contributed by atoms with Crippen molar-refractivity contribution in [2.75, 3.05) is 7.05 Å². The van der Waals surface area contributed by atoms with Gasteiger partial charge in [-0.15, -0.1) is 0 Å². The first kappa shape index (κ1) is 14.3. The van der Waals surface area contributed by atoms with Crippen molar-refractivity contribution in [3.8, 4) is 0 Å². The number of rotatable bonds is 5. The van der Waals surface area contributed by atoms with Crippen molar-refractivity contribution in [3.05, 3.63) is 70.8 Å². The number of benzene rings is 2. The Kier molecular flexibility index (Phi) is 4.12. The molecule has 3 atom stereocenters. The molecule has 0 amide bonds. The fourth-order valence-electron chi connectivity index (χ4n) is 3.65. The van der Waals surface area contributed by atoms with Gasteiger partial charge in [0.1, 0.15) is 0 Å². The summed E-state index contributed by atoms with van der Waals surface area (Å²) in [6, 6.07) is 18.5. The van der Waals surface area contributed by atoms with Crippen LogP contribution < -0.4 is 5.32 Å². The van der Waals surface area contributed by atoms with Crippen LogP contribution in [-0.2, 0) is 6.42 Å². The molecule has 110 valence electrons. The van der Waals surface area contributed by atoms with Crippen LogP contribution in [0.2, 0.25) is 0 Å².